The van der Waals surface area contributed by atoms with Crippen LogP contribution in [0.15, 0.2) is 36.5 Å². The van der Waals surface area contributed by atoms with Gasteiger partial charge in [0.05, 0.1) is 12.1 Å². The second-order valence-electron chi connectivity index (χ2n) is 3.73. The Morgan fingerprint density at radius 2 is 2.00 bits per heavy atom. The van der Waals surface area contributed by atoms with Gasteiger partial charge in [-0.15, -0.1) is 0 Å². The highest BCUT2D eigenvalue weighted by molar-refractivity contribution is 5.70. The monoisotopic (exact) mass is 249 g/mol. The van der Waals surface area contributed by atoms with Gasteiger partial charge >= 0.3 is 5.97 Å². The summed E-state index contributed by atoms with van der Waals surface area (Å²) < 4.78 is 26.5. The SMILES string of the molecule is O=C(O)Cc1ccc(-c2cc(F)ccc2F)cn1. The van der Waals surface area contributed by atoms with Crippen molar-refractivity contribution in [2.24, 2.45) is 0 Å². The van der Waals surface area contributed by atoms with Crippen LogP contribution >= 0.6 is 0 Å². The molecular weight excluding hydrogens is 240 g/mol. The van der Waals surface area contributed by atoms with Gasteiger partial charge < -0.3 is 5.11 Å². The molecule has 1 heterocycles. The number of rotatable bonds is 3. The Hall–Kier alpha value is -2.30. The molecule has 0 saturated carbocycles. The van der Waals surface area contributed by atoms with E-state index in [4.69, 9.17) is 5.11 Å². The minimum atomic E-state index is -0.993. The minimum Gasteiger partial charge on any atom is -0.481 e. The number of nitrogens with zero attached hydrogens (tertiary/aromatic N) is 1. The zero-order chi connectivity index (χ0) is 13.1. The fourth-order valence-electron chi connectivity index (χ4n) is 1.56. The number of halogens is 2. The lowest BCUT2D eigenvalue weighted by Gasteiger charge is -2.04. The molecule has 0 aliphatic rings. The van der Waals surface area contributed by atoms with Crippen molar-refractivity contribution in [3.05, 3.63) is 53.9 Å². The van der Waals surface area contributed by atoms with Crippen LogP contribution in [0.25, 0.3) is 11.1 Å². The van der Waals surface area contributed by atoms with E-state index in [1.807, 2.05) is 0 Å². The molecule has 2 aromatic rings. The van der Waals surface area contributed by atoms with Gasteiger partial charge in [0, 0.05) is 17.3 Å². The smallest absolute Gasteiger partial charge is 0.309 e. The lowest BCUT2D eigenvalue weighted by molar-refractivity contribution is -0.136. The zero-order valence-corrected chi connectivity index (χ0v) is 9.23. The maximum absolute atomic E-state index is 13.5. The van der Waals surface area contributed by atoms with Crippen LogP contribution in [0.1, 0.15) is 5.69 Å². The summed E-state index contributed by atoms with van der Waals surface area (Å²) in [5, 5.41) is 8.58. The molecule has 0 aliphatic heterocycles. The lowest BCUT2D eigenvalue weighted by atomic mass is 10.1. The van der Waals surface area contributed by atoms with Gasteiger partial charge in [-0.05, 0) is 24.3 Å². The summed E-state index contributed by atoms with van der Waals surface area (Å²) in [6.07, 6.45) is 1.13. The number of carboxylic acids is 1. The molecular formula is C13H9F2NO2. The van der Waals surface area contributed by atoms with Crippen LogP contribution in [-0.2, 0) is 11.2 Å². The molecule has 0 amide bonds. The molecule has 0 fully saturated rings. The van der Waals surface area contributed by atoms with Crippen molar-refractivity contribution in [3.8, 4) is 11.1 Å². The Labute approximate surface area is 102 Å². The molecule has 2 rings (SSSR count). The number of aliphatic carboxylic acids is 1. The first-order valence-corrected chi connectivity index (χ1v) is 5.18. The average Bonchev–Trinajstić information content (AvgIpc) is 2.33. The number of benzene rings is 1. The number of hydrogen-bond donors (Lipinski definition) is 1. The molecule has 0 saturated heterocycles. The lowest BCUT2D eigenvalue weighted by Crippen LogP contribution is -2.02. The predicted molar refractivity (Wildman–Crippen MR) is 60.9 cm³/mol. The molecule has 3 nitrogen and oxygen atoms in total. The molecule has 1 N–H and O–H groups in total. The molecule has 1 aromatic carbocycles. The van der Waals surface area contributed by atoms with Crippen molar-refractivity contribution >= 4 is 5.97 Å². The van der Waals surface area contributed by atoms with E-state index in [0.29, 0.717) is 11.3 Å². The fourth-order valence-corrected chi connectivity index (χ4v) is 1.56. The topological polar surface area (TPSA) is 50.2 Å². The molecule has 0 unspecified atom stereocenters. The van der Waals surface area contributed by atoms with Crippen molar-refractivity contribution in [2.45, 2.75) is 6.42 Å². The molecule has 92 valence electrons. The van der Waals surface area contributed by atoms with E-state index < -0.39 is 17.6 Å². The van der Waals surface area contributed by atoms with Crippen LogP contribution in [0.5, 0.6) is 0 Å². The number of hydrogen-bond acceptors (Lipinski definition) is 2. The molecule has 5 heteroatoms. The third kappa shape index (κ3) is 2.68. The van der Waals surface area contributed by atoms with Gasteiger partial charge in [-0.2, -0.15) is 0 Å². The first kappa shape index (κ1) is 12.2. The van der Waals surface area contributed by atoms with E-state index in [9.17, 15) is 13.6 Å². The van der Waals surface area contributed by atoms with E-state index in [2.05, 4.69) is 4.98 Å². The molecule has 0 spiro atoms. The van der Waals surface area contributed by atoms with E-state index in [0.717, 1.165) is 18.2 Å². The normalized spacial score (nSPS) is 10.3. The van der Waals surface area contributed by atoms with Gasteiger partial charge in [-0.1, -0.05) is 6.07 Å². The Bertz CT molecular complexity index is 582. The van der Waals surface area contributed by atoms with Crippen LogP contribution in [-0.4, -0.2) is 16.1 Å². The van der Waals surface area contributed by atoms with Gasteiger partial charge in [0.1, 0.15) is 11.6 Å². The van der Waals surface area contributed by atoms with E-state index in [1.165, 1.54) is 18.3 Å². The highest BCUT2D eigenvalue weighted by Gasteiger charge is 2.08. The average molecular weight is 249 g/mol. The highest BCUT2D eigenvalue weighted by atomic mass is 19.1. The van der Waals surface area contributed by atoms with Crippen molar-refractivity contribution < 1.29 is 18.7 Å². The van der Waals surface area contributed by atoms with Crippen molar-refractivity contribution in [3.63, 3.8) is 0 Å². The Balaban J connectivity index is 2.34. The fraction of sp³-hybridized carbons (Fsp3) is 0.0769. The van der Waals surface area contributed by atoms with Gasteiger partial charge in [0.25, 0.3) is 0 Å². The summed E-state index contributed by atoms with van der Waals surface area (Å²) in [6, 6.07) is 6.14. The maximum Gasteiger partial charge on any atom is 0.309 e. The summed E-state index contributed by atoms with van der Waals surface area (Å²) in [4.78, 5) is 14.4. The minimum absolute atomic E-state index is 0.101. The van der Waals surface area contributed by atoms with Gasteiger partial charge in [-0.25, -0.2) is 8.78 Å². The van der Waals surface area contributed by atoms with Gasteiger partial charge in [0.15, 0.2) is 0 Å². The first-order valence-electron chi connectivity index (χ1n) is 5.18. The number of carbonyl (C=O) groups is 1. The summed E-state index contributed by atoms with van der Waals surface area (Å²) in [5.74, 6) is -2.09. The summed E-state index contributed by atoms with van der Waals surface area (Å²) >= 11 is 0. The molecule has 1 aromatic heterocycles. The Morgan fingerprint density at radius 3 is 2.61 bits per heavy atom. The molecule has 0 atom stereocenters. The third-order valence-corrected chi connectivity index (χ3v) is 2.40. The number of aromatic nitrogens is 1. The Kier molecular flexibility index (Phi) is 3.32. The standard InChI is InChI=1S/C13H9F2NO2/c14-9-2-4-12(15)11(5-9)8-1-3-10(16-7-8)6-13(17)18/h1-5,7H,6H2,(H,17,18). The first-order chi connectivity index (χ1) is 8.56. The molecule has 0 bridgehead atoms. The van der Waals surface area contributed by atoms with Crippen molar-refractivity contribution in [1.82, 2.24) is 4.98 Å². The predicted octanol–water partition coefficient (Wildman–Crippen LogP) is 2.65. The second kappa shape index (κ2) is 4.91. The van der Waals surface area contributed by atoms with Crippen LogP contribution in [0.2, 0.25) is 0 Å². The quantitative estimate of drug-likeness (QED) is 0.909. The van der Waals surface area contributed by atoms with Gasteiger partial charge in [0.2, 0.25) is 0 Å². The van der Waals surface area contributed by atoms with E-state index in [-0.39, 0.29) is 12.0 Å². The van der Waals surface area contributed by atoms with E-state index >= 15 is 0 Å². The second-order valence-corrected chi connectivity index (χ2v) is 3.73. The largest absolute Gasteiger partial charge is 0.481 e. The maximum atomic E-state index is 13.5. The molecule has 18 heavy (non-hydrogen) atoms. The van der Waals surface area contributed by atoms with Crippen LogP contribution in [0.3, 0.4) is 0 Å². The number of carboxylic acid groups (broad SMARTS) is 1. The van der Waals surface area contributed by atoms with Crippen LogP contribution in [0.4, 0.5) is 8.78 Å². The zero-order valence-electron chi connectivity index (χ0n) is 9.23. The highest BCUT2D eigenvalue weighted by Crippen LogP contribution is 2.23. The van der Waals surface area contributed by atoms with Crippen LogP contribution < -0.4 is 0 Å². The van der Waals surface area contributed by atoms with Gasteiger partial charge in [-0.3, -0.25) is 9.78 Å². The van der Waals surface area contributed by atoms with Crippen molar-refractivity contribution in [2.75, 3.05) is 0 Å². The summed E-state index contributed by atoms with van der Waals surface area (Å²) in [5.41, 5.74) is 0.869. The summed E-state index contributed by atoms with van der Waals surface area (Å²) in [6.45, 7) is 0. The van der Waals surface area contributed by atoms with E-state index in [1.54, 1.807) is 0 Å². The molecule has 0 radical (unpaired) electrons. The van der Waals surface area contributed by atoms with Crippen molar-refractivity contribution in [1.29, 1.82) is 0 Å². The number of pyridine rings is 1. The third-order valence-electron chi connectivity index (χ3n) is 2.40. The molecule has 0 aliphatic carbocycles. The summed E-state index contributed by atoms with van der Waals surface area (Å²) in [7, 11) is 0. The Morgan fingerprint density at radius 1 is 1.22 bits per heavy atom. The van der Waals surface area contributed by atoms with Crippen LogP contribution in [0, 0.1) is 11.6 Å².